The summed E-state index contributed by atoms with van der Waals surface area (Å²) in [7, 11) is -3.80. The predicted octanol–water partition coefficient (Wildman–Crippen LogP) is 3.16. The normalized spacial score (nSPS) is 13.6. The lowest BCUT2D eigenvalue weighted by Gasteiger charge is -2.21. The molecule has 0 bridgehead atoms. The molecule has 1 aromatic heterocycles. The average molecular weight is 486 g/mol. The zero-order valence-corrected chi connectivity index (χ0v) is 20.1. The van der Waals surface area contributed by atoms with Crippen LogP contribution in [0.1, 0.15) is 30.5 Å². The number of hydrogen-bond donors (Lipinski definition) is 2. The van der Waals surface area contributed by atoms with Crippen LogP contribution in [-0.2, 0) is 14.8 Å². The number of thioether (sulfide) groups is 1. The van der Waals surface area contributed by atoms with Gasteiger partial charge in [0.1, 0.15) is 18.7 Å². The van der Waals surface area contributed by atoms with E-state index in [4.69, 9.17) is 0 Å². The van der Waals surface area contributed by atoms with Crippen LogP contribution in [0.25, 0.3) is 11.8 Å². The maximum atomic E-state index is 12.9. The van der Waals surface area contributed by atoms with E-state index >= 15 is 0 Å². The summed E-state index contributed by atoms with van der Waals surface area (Å²) >= 11 is 1.55. The first-order chi connectivity index (χ1) is 15.9. The molecule has 1 heterocycles. The zero-order chi connectivity index (χ0) is 23.7. The van der Waals surface area contributed by atoms with Crippen molar-refractivity contribution in [2.75, 3.05) is 12.0 Å². The average Bonchev–Trinajstić information content (AvgIpc) is 3.36. The van der Waals surface area contributed by atoms with Gasteiger partial charge in [0.05, 0.1) is 11.7 Å². The van der Waals surface area contributed by atoms with Gasteiger partial charge in [-0.1, -0.05) is 42.5 Å². The van der Waals surface area contributed by atoms with E-state index in [1.54, 1.807) is 34.9 Å². The SMILES string of the molecule is CSCCC(NS(=O)(=O)/C=C/c1ccccc1)C(=O)NC(C)c1ccc(-n2cncn2)cc1. The van der Waals surface area contributed by atoms with Gasteiger partial charge in [-0.15, -0.1) is 0 Å². The number of amides is 1. The largest absolute Gasteiger partial charge is 0.348 e. The maximum absolute atomic E-state index is 12.9. The van der Waals surface area contributed by atoms with Crippen molar-refractivity contribution in [2.45, 2.75) is 25.4 Å². The summed E-state index contributed by atoms with van der Waals surface area (Å²) in [5.41, 5.74) is 2.50. The Labute approximate surface area is 198 Å². The van der Waals surface area contributed by atoms with E-state index in [0.717, 1.165) is 22.2 Å². The summed E-state index contributed by atoms with van der Waals surface area (Å²) in [5.74, 6) is 0.276. The van der Waals surface area contributed by atoms with Gasteiger partial charge >= 0.3 is 0 Å². The van der Waals surface area contributed by atoms with E-state index in [0.29, 0.717) is 12.2 Å². The molecule has 8 nitrogen and oxygen atoms in total. The Morgan fingerprint density at radius 1 is 1.15 bits per heavy atom. The number of nitrogens with one attached hydrogen (secondary N) is 2. The fourth-order valence-electron chi connectivity index (χ4n) is 3.10. The molecule has 1 amide bonds. The maximum Gasteiger partial charge on any atom is 0.238 e. The van der Waals surface area contributed by atoms with Crippen molar-refractivity contribution in [3.05, 3.63) is 83.8 Å². The first-order valence-corrected chi connectivity index (χ1v) is 13.3. The number of rotatable bonds is 11. The third kappa shape index (κ3) is 7.55. The predicted molar refractivity (Wildman–Crippen MR) is 132 cm³/mol. The van der Waals surface area contributed by atoms with Crippen LogP contribution in [-0.4, -0.2) is 47.1 Å². The van der Waals surface area contributed by atoms with Crippen molar-refractivity contribution in [2.24, 2.45) is 0 Å². The van der Waals surface area contributed by atoms with E-state index in [1.807, 2.05) is 55.6 Å². The number of carbonyl (C=O) groups is 1. The summed E-state index contributed by atoms with van der Waals surface area (Å²) in [6.45, 7) is 1.86. The lowest BCUT2D eigenvalue weighted by molar-refractivity contribution is -0.123. The van der Waals surface area contributed by atoms with Gasteiger partial charge in [-0.2, -0.15) is 21.6 Å². The van der Waals surface area contributed by atoms with Crippen molar-refractivity contribution >= 4 is 33.8 Å². The molecule has 0 aliphatic carbocycles. The Hall–Kier alpha value is -2.95. The Morgan fingerprint density at radius 3 is 2.52 bits per heavy atom. The highest BCUT2D eigenvalue weighted by atomic mass is 32.2. The summed E-state index contributed by atoms with van der Waals surface area (Å²) in [4.78, 5) is 16.9. The van der Waals surface area contributed by atoms with Crippen LogP contribution < -0.4 is 10.0 Å². The van der Waals surface area contributed by atoms with Gasteiger partial charge in [0, 0.05) is 5.41 Å². The van der Waals surface area contributed by atoms with E-state index in [9.17, 15) is 13.2 Å². The van der Waals surface area contributed by atoms with Gasteiger partial charge in [0.15, 0.2) is 0 Å². The topological polar surface area (TPSA) is 106 Å². The molecular formula is C23H27N5O3S2. The summed E-state index contributed by atoms with van der Waals surface area (Å²) in [5, 5.41) is 8.11. The molecule has 33 heavy (non-hydrogen) atoms. The number of hydrogen-bond acceptors (Lipinski definition) is 6. The second-order valence-electron chi connectivity index (χ2n) is 7.37. The molecule has 0 aliphatic heterocycles. The third-order valence-corrected chi connectivity index (χ3v) is 6.66. The van der Waals surface area contributed by atoms with Crippen LogP contribution in [0.5, 0.6) is 0 Å². The molecule has 3 aromatic rings. The van der Waals surface area contributed by atoms with Crippen molar-refractivity contribution in [1.82, 2.24) is 24.8 Å². The highest BCUT2D eigenvalue weighted by Crippen LogP contribution is 2.16. The fourth-order valence-corrected chi connectivity index (χ4v) is 4.61. The van der Waals surface area contributed by atoms with Crippen LogP contribution in [0.4, 0.5) is 0 Å². The fraction of sp³-hybridized carbons (Fsp3) is 0.261. The van der Waals surface area contributed by atoms with Crippen molar-refractivity contribution in [3.8, 4) is 5.69 Å². The second kappa shape index (κ2) is 11.8. The molecule has 0 spiro atoms. The lowest BCUT2D eigenvalue weighted by atomic mass is 10.1. The molecule has 2 atom stereocenters. The first kappa shape index (κ1) is 24.7. The third-order valence-electron chi connectivity index (χ3n) is 4.91. The monoisotopic (exact) mass is 485 g/mol. The Kier molecular flexibility index (Phi) is 8.81. The van der Waals surface area contributed by atoms with Crippen LogP contribution in [0.2, 0.25) is 0 Å². The number of sulfonamides is 1. The second-order valence-corrected chi connectivity index (χ2v) is 9.96. The molecular weight excluding hydrogens is 458 g/mol. The molecule has 2 aromatic carbocycles. The number of carbonyl (C=O) groups excluding carboxylic acids is 1. The van der Waals surface area contributed by atoms with Gasteiger partial charge in [-0.25, -0.2) is 18.1 Å². The van der Waals surface area contributed by atoms with E-state index < -0.39 is 16.1 Å². The smallest absolute Gasteiger partial charge is 0.238 e. The Balaban J connectivity index is 1.66. The van der Waals surface area contributed by atoms with E-state index in [2.05, 4.69) is 20.1 Å². The minimum atomic E-state index is -3.80. The van der Waals surface area contributed by atoms with Gasteiger partial charge in [-0.3, -0.25) is 4.79 Å². The lowest BCUT2D eigenvalue weighted by Crippen LogP contribution is -2.47. The van der Waals surface area contributed by atoms with Crippen molar-refractivity contribution in [1.29, 1.82) is 0 Å². The molecule has 0 fully saturated rings. The molecule has 2 unspecified atom stereocenters. The van der Waals surface area contributed by atoms with Gasteiger partial charge in [0.25, 0.3) is 0 Å². The zero-order valence-electron chi connectivity index (χ0n) is 18.5. The molecule has 10 heteroatoms. The number of nitrogens with zero attached hydrogens (tertiary/aromatic N) is 3. The molecule has 174 valence electrons. The molecule has 0 saturated heterocycles. The summed E-state index contributed by atoms with van der Waals surface area (Å²) in [6, 6.07) is 15.5. The molecule has 2 N–H and O–H groups in total. The Morgan fingerprint density at radius 2 is 1.88 bits per heavy atom. The van der Waals surface area contributed by atoms with Gasteiger partial charge in [0.2, 0.25) is 15.9 Å². The molecule has 0 saturated carbocycles. The van der Waals surface area contributed by atoms with E-state index in [-0.39, 0.29) is 11.9 Å². The van der Waals surface area contributed by atoms with Crippen LogP contribution in [0, 0.1) is 0 Å². The van der Waals surface area contributed by atoms with Gasteiger partial charge < -0.3 is 5.32 Å². The summed E-state index contributed by atoms with van der Waals surface area (Å²) in [6.07, 6.45) is 6.86. The summed E-state index contributed by atoms with van der Waals surface area (Å²) < 4.78 is 29.3. The standard InChI is InChI=1S/C23H27N5O3S2/c1-18(20-8-10-21(11-9-20)28-17-24-16-25-28)26-23(29)22(12-14-32-2)27-33(30,31)15-13-19-6-4-3-5-7-19/h3-11,13,15-18,22,27H,12,14H2,1-2H3,(H,26,29)/b15-13+. The number of benzene rings is 2. The highest BCUT2D eigenvalue weighted by Gasteiger charge is 2.24. The Bertz CT molecular complexity index is 1150. The number of aromatic nitrogens is 3. The van der Waals surface area contributed by atoms with Gasteiger partial charge in [-0.05, 0) is 54.7 Å². The molecule has 0 aliphatic rings. The minimum Gasteiger partial charge on any atom is -0.348 e. The van der Waals surface area contributed by atoms with E-state index in [1.165, 1.54) is 12.4 Å². The molecule has 0 radical (unpaired) electrons. The minimum absolute atomic E-state index is 0.302. The van der Waals surface area contributed by atoms with Crippen molar-refractivity contribution in [3.63, 3.8) is 0 Å². The molecule has 3 rings (SSSR count). The quantitative estimate of drug-likeness (QED) is 0.432. The van der Waals surface area contributed by atoms with Crippen LogP contribution >= 0.6 is 11.8 Å². The first-order valence-electron chi connectivity index (χ1n) is 10.4. The van der Waals surface area contributed by atoms with Crippen LogP contribution in [0.3, 0.4) is 0 Å². The van der Waals surface area contributed by atoms with Crippen molar-refractivity contribution < 1.29 is 13.2 Å². The highest BCUT2D eigenvalue weighted by molar-refractivity contribution is 7.98. The van der Waals surface area contributed by atoms with Crippen LogP contribution in [0.15, 0.2) is 72.7 Å².